The summed E-state index contributed by atoms with van der Waals surface area (Å²) in [4.78, 5) is 4.42. The minimum Gasteiger partial charge on any atom is -0.490 e. The third-order valence-electron chi connectivity index (χ3n) is 4.44. The topological polar surface area (TPSA) is 43.4 Å². The monoisotopic (exact) mass is 290 g/mol. The summed E-state index contributed by atoms with van der Waals surface area (Å²) in [5.74, 6) is 0.998. The Morgan fingerprint density at radius 3 is 2.81 bits per heavy atom. The molecule has 0 radical (unpaired) electrons. The van der Waals surface area contributed by atoms with Crippen LogP contribution in [-0.2, 0) is 11.3 Å². The van der Waals surface area contributed by atoms with E-state index < -0.39 is 0 Å². The molecule has 2 saturated carbocycles. The summed E-state index contributed by atoms with van der Waals surface area (Å²) < 4.78 is 11.8. The molecule has 1 N–H and O–H groups in total. The lowest BCUT2D eigenvalue weighted by Crippen LogP contribution is -2.30. The maximum atomic E-state index is 6.29. The number of ether oxygens (including phenoxy) is 2. The summed E-state index contributed by atoms with van der Waals surface area (Å²) in [5.41, 5.74) is 2.19. The van der Waals surface area contributed by atoms with E-state index in [2.05, 4.69) is 16.4 Å². The molecule has 1 aromatic rings. The number of hydrogen-bond donors (Lipinski definition) is 1. The Hall–Kier alpha value is -1.13. The van der Waals surface area contributed by atoms with Gasteiger partial charge in [0.05, 0.1) is 6.10 Å². The molecule has 21 heavy (non-hydrogen) atoms. The molecule has 2 fully saturated rings. The Balaban J connectivity index is 1.65. The molecule has 0 aliphatic heterocycles. The van der Waals surface area contributed by atoms with Crippen LogP contribution in [0, 0.1) is 6.92 Å². The average Bonchev–Trinajstić information content (AvgIpc) is 3.31. The van der Waals surface area contributed by atoms with E-state index >= 15 is 0 Å². The maximum Gasteiger partial charge on any atom is 0.127 e. The fraction of sp³-hybridized carbons (Fsp3) is 0.706. The highest BCUT2D eigenvalue weighted by Crippen LogP contribution is 2.28. The van der Waals surface area contributed by atoms with Crippen molar-refractivity contribution in [3.63, 3.8) is 0 Å². The van der Waals surface area contributed by atoms with E-state index in [9.17, 15) is 0 Å². The van der Waals surface area contributed by atoms with Gasteiger partial charge in [-0.1, -0.05) is 0 Å². The Morgan fingerprint density at radius 1 is 1.24 bits per heavy atom. The van der Waals surface area contributed by atoms with Gasteiger partial charge in [0.25, 0.3) is 0 Å². The normalized spacial score (nSPS) is 25.8. The highest BCUT2D eigenvalue weighted by molar-refractivity contribution is 5.33. The number of nitrogens with one attached hydrogen (secondary N) is 1. The molecule has 3 rings (SSSR count). The summed E-state index contributed by atoms with van der Waals surface area (Å²) >= 11 is 0. The first kappa shape index (κ1) is 14.8. The molecule has 1 aromatic heterocycles. The lowest BCUT2D eigenvalue weighted by atomic mass is 9.95. The zero-order valence-electron chi connectivity index (χ0n) is 13.1. The van der Waals surface area contributed by atoms with E-state index in [1.54, 1.807) is 7.11 Å². The highest BCUT2D eigenvalue weighted by atomic mass is 16.5. The average molecular weight is 290 g/mol. The van der Waals surface area contributed by atoms with Crippen LogP contribution in [0.15, 0.2) is 12.3 Å². The predicted octanol–water partition coefficient (Wildman–Crippen LogP) is 2.98. The van der Waals surface area contributed by atoms with Crippen molar-refractivity contribution in [1.29, 1.82) is 0 Å². The van der Waals surface area contributed by atoms with Crippen molar-refractivity contribution in [2.75, 3.05) is 7.11 Å². The number of hydrogen-bond acceptors (Lipinski definition) is 4. The third kappa shape index (κ3) is 4.17. The molecular formula is C17H26N2O2. The molecule has 4 heteroatoms. The van der Waals surface area contributed by atoms with Gasteiger partial charge in [0.15, 0.2) is 0 Å². The van der Waals surface area contributed by atoms with Crippen molar-refractivity contribution in [1.82, 2.24) is 10.3 Å². The first-order valence-electron chi connectivity index (χ1n) is 8.13. The van der Waals surface area contributed by atoms with Crippen LogP contribution in [0.3, 0.4) is 0 Å². The van der Waals surface area contributed by atoms with Gasteiger partial charge in [-0.05, 0) is 39.0 Å². The van der Waals surface area contributed by atoms with Crippen molar-refractivity contribution >= 4 is 0 Å². The lowest BCUT2D eigenvalue weighted by molar-refractivity contribution is 0.0206. The Kier molecular flexibility index (Phi) is 4.76. The van der Waals surface area contributed by atoms with E-state index in [0.29, 0.717) is 12.1 Å². The van der Waals surface area contributed by atoms with E-state index in [0.717, 1.165) is 37.3 Å². The van der Waals surface area contributed by atoms with Gasteiger partial charge in [0, 0.05) is 49.6 Å². The molecular weight excluding hydrogens is 264 g/mol. The fourth-order valence-electron chi connectivity index (χ4n) is 2.95. The maximum absolute atomic E-state index is 6.29. The van der Waals surface area contributed by atoms with Crippen molar-refractivity contribution in [3.8, 4) is 5.75 Å². The largest absolute Gasteiger partial charge is 0.490 e. The molecule has 2 aliphatic carbocycles. The van der Waals surface area contributed by atoms with Gasteiger partial charge in [-0.25, -0.2) is 0 Å². The van der Waals surface area contributed by atoms with E-state index in [1.165, 1.54) is 24.8 Å². The Bertz CT molecular complexity index is 474. The SMILES string of the molecule is COC1CCCC(Oc2cc(C)ncc2CNC2CC2)C1. The summed E-state index contributed by atoms with van der Waals surface area (Å²) in [6.45, 7) is 2.87. The van der Waals surface area contributed by atoms with Crippen LogP contribution >= 0.6 is 0 Å². The van der Waals surface area contributed by atoms with E-state index in [-0.39, 0.29) is 6.10 Å². The van der Waals surface area contributed by atoms with Crippen molar-refractivity contribution < 1.29 is 9.47 Å². The Labute approximate surface area is 127 Å². The van der Waals surface area contributed by atoms with Crippen molar-refractivity contribution in [3.05, 3.63) is 23.5 Å². The summed E-state index contributed by atoms with van der Waals surface area (Å²) in [5, 5.41) is 3.55. The zero-order valence-corrected chi connectivity index (χ0v) is 13.1. The zero-order chi connectivity index (χ0) is 14.7. The molecule has 0 aromatic carbocycles. The van der Waals surface area contributed by atoms with Gasteiger partial charge >= 0.3 is 0 Å². The second-order valence-electron chi connectivity index (χ2n) is 6.35. The third-order valence-corrected chi connectivity index (χ3v) is 4.44. The summed E-state index contributed by atoms with van der Waals surface area (Å²) in [7, 11) is 1.80. The Morgan fingerprint density at radius 2 is 2.05 bits per heavy atom. The second-order valence-corrected chi connectivity index (χ2v) is 6.35. The first-order chi connectivity index (χ1) is 10.2. The number of rotatable bonds is 6. The molecule has 0 saturated heterocycles. The number of aryl methyl sites for hydroxylation is 1. The van der Waals surface area contributed by atoms with Gasteiger partial charge in [0.1, 0.15) is 11.9 Å². The fourth-order valence-corrected chi connectivity index (χ4v) is 2.95. The number of nitrogens with zero attached hydrogens (tertiary/aromatic N) is 1. The van der Waals surface area contributed by atoms with E-state index in [4.69, 9.17) is 9.47 Å². The molecule has 2 aliphatic rings. The standard InChI is InChI=1S/C17H26N2O2/c1-12-8-17(13(10-18-12)11-19-14-6-7-14)21-16-5-3-4-15(9-16)20-2/h8,10,14-16,19H,3-7,9,11H2,1-2H3. The second kappa shape index (κ2) is 6.75. The number of pyridine rings is 1. The molecule has 2 unspecified atom stereocenters. The smallest absolute Gasteiger partial charge is 0.127 e. The summed E-state index contributed by atoms with van der Waals surface area (Å²) in [6, 6.07) is 2.77. The molecule has 0 bridgehead atoms. The van der Waals surface area contributed by atoms with Crippen LogP contribution in [-0.4, -0.2) is 30.3 Å². The molecule has 0 amide bonds. The molecule has 4 nitrogen and oxygen atoms in total. The number of methoxy groups -OCH3 is 1. The van der Waals surface area contributed by atoms with Crippen LogP contribution < -0.4 is 10.1 Å². The quantitative estimate of drug-likeness (QED) is 0.874. The van der Waals surface area contributed by atoms with Crippen LogP contribution in [0.2, 0.25) is 0 Å². The van der Waals surface area contributed by atoms with Gasteiger partial charge in [-0.3, -0.25) is 4.98 Å². The molecule has 0 spiro atoms. The summed E-state index contributed by atoms with van der Waals surface area (Å²) in [6.07, 6.45) is 9.62. The van der Waals surface area contributed by atoms with Crippen LogP contribution in [0.25, 0.3) is 0 Å². The van der Waals surface area contributed by atoms with Gasteiger partial charge in [0.2, 0.25) is 0 Å². The minimum absolute atomic E-state index is 0.269. The van der Waals surface area contributed by atoms with Gasteiger partial charge < -0.3 is 14.8 Å². The van der Waals surface area contributed by atoms with Crippen LogP contribution in [0.5, 0.6) is 5.75 Å². The van der Waals surface area contributed by atoms with Gasteiger partial charge in [-0.15, -0.1) is 0 Å². The van der Waals surface area contributed by atoms with Crippen molar-refractivity contribution in [2.24, 2.45) is 0 Å². The van der Waals surface area contributed by atoms with Gasteiger partial charge in [-0.2, -0.15) is 0 Å². The molecule has 1 heterocycles. The minimum atomic E-state index is 0.269. The van der Waals surface area contributed by atoms with Crippen LogP contribution in [0.1, 0.15) is 49.8 Å². The molecule has 116 valence electrons. The number of aromatic nitrogens is 1. The van der Waals surface area contributed by atoms with E-state index in [1.807, 2.05) is 13.1 Å². The first-order valence-corrected chi connectivity index (χ1v) is 8.13. The highest BCUT2D eigenvalue weighted by Gasteiger charge is 2.25. The lowest BCUT2D eigenvalue weighted by Gasteiger charge is -2.29. The van der Waals surface area contributed by atoms with Crippen LogP contribution in [0.4, 0.5) is 0 Å². The predicted molar refractivity (Wildman–Crippen MR) is 82.5 cm³/mol. The molecule has 2 atom stereocenters. The van der Waals surface area contributed by atoms with Crippen molar-refractivity contribution in [2.45, 2.75) is 70.2 Å².